The lowest BCUT2D eigenvalue weighted by Gasteiger charge is -2.09. The number of aromatic nitrogens is 1. The third-order valence-electron chi connectivity index (χ3n) is 3.09. The fourth-order valence-corrected chi connectivity index (χ4v) is 2.54. The van der Waals surface area contributed by atoms with Gasteiger partial charge in [0.2, 0.25) is 0 Å². The van der Waals surface area contributed by atoms with Crippen LogP contribution in [0.3, 0.4) is 0 Å². The lowest BCUT2D eigenvalue weighted by molar-refractivity contribution is 0.271. The maximum absolute atomic E-state index is 5.67. The molecule has 0 aliphatic heterocycles. The van der Waals surface area contributed by atoms with E-state index in [4.69, 9.17) is 4.74 Å². The summed E-state index contributed by atoms with van der Waals surface area (Å²) in [6.07, 6.45) is 0. The number of hydrogen-bond acceptors (Lipinski definition) is 5. The number of anilines is 2. The van der Waals surface area contributed by atoms with Crippen LogP contribution in [-0.4, -0.2) is 18.6 Å². The van der Waals surface area contributed by atoms with Crippen molar-refractivity contribution in [1.29, 1.82) is 0 Å². The molecule has 21 heavy (non-hydrogen) atoms. The molecule has 0 radical (unpaired) electrons. The highest BCUT2D eigenvalue weighted by Gasteiger charge is 2.08. The van der Waals surface area contributed by atoms with Crippen LogP contribution < -0.4 is 15.4 Å². The van der Waals surface area contributed by atoms with Gasteiger partial charge < -0.3 is 15.4 Å². The van der Waals surface area contributed by atoms with Crippen molar-refractivity contribution in [3.8, 4) is 5.75 Å². The van der Waals surface area contributed by atoms with Crippen molar-refractivity contribution in [2.45, 2.75) is 26.8 Å². The molecule has 0 bridgehead atoms. The normalized spacial score (nSPS) is 12.4. The van der Waals surface area contributed by atoms with E-state index < -0.39 is 0 Å². The third kappa shape index (κ3) is 4.72. The third-order valence-corrected chi connectivity index (χ3v) is 3.86. The van der Waals surface area contributed by atoms with Gasteiger partial charge in [0.1, 0.15) is 5.75 Å². The molecule has 2 N–H and O–H groups in total. The van der Waals surface area contributed by atoms with E-state index in [-0.39, 0.29) is 6.04 Å². The SMILES string of the molecule is CNC(C)c1csc(Nc2ccc(OCC(C)C)cc2)n1. The van der Waals surface area contributed by atoms with E-state index in [1.165, 1.54) is 0 Å². The number of nitrogens with zero attached hydrogens (tertiary/aromatic N) is 1. The number of benzene rings is 1. The molecule has 2 aromatic rings. The van der Waals surface area contributed by atoms with Crippen LogP contribution in [0.25, 0.3) is 0 Å². The van der Waals surface area contributed by atoms with Gasteiger partial charge in [0.05, 0.1) is 12.3 Å². The summed E-state index contributed by atoms with van der Waals surface area (Å²) in [5.41, 5.74) is 2.08. The van der Waals surface area contributed by atoms with Crippen molar-refractivity contribution in [1.82, 2.24) is 10.3 Å². The molecule has 0 fully saturated rings. The van der Waals surface area contributed by atoms with Crippen molar-refractivity contribution in [2.24, 2.45) is 5.92 Å². The zero-order valence-electron chi connectivity index (χ0n) is 13.0. The molecule has 114 valence electrons. The van der Waals surface area contributed by atoms with Gasteiger partial charge in [-0.2, -0.15) is 0 Å². The first kappa shape index (κ1) is 15.8. The van der Waals surface area contributed by atoms with Gasteiger partial charge >= 0.3 is 0 Å². The van der Waals surface area contributed by atoms with E-state index in [0.717, 1.165) is 28.9 Å². The average molecular weight is 305 g/mol. The predicted molar refractivity (Wildman–Crippen MR) is 89.6 cm³/mol. The Hall–Kier alpha value is -1.59. The van der Waals surface area contributed by atoms with Crippen LogP contribution in [0.5, 0.6) is 5.75 Å². The highest BCUT2D eigenvalue weighted by atomic mass is 32.1. The molecular formula is C16H23N3OS. The Kier molecular flexibility index (Phi) is 5.59. The quantitative estimate of drug-likeness (QED) is 0.804. The first-order valence-corrected chi connectivity index (χ1v) is 8.09. The molecule has 4 nitrogen and oxygen atoms in total. The fourth-order valence-electron chi connectivity index (χ4n) is 1.71. The van der Waals surface area contributed by atoms with Crippen molar-refractivity contribution >= 4 is 22.2 Å². The zero-order chi connectivity index (χ0) is 15.2. The number of thiazole rings is 1. The Morgan fingerprint density at radius 2 is 1.90 bits per heavy atom. The summed E-state index contributed by atoms with van der Waals surface area (Å²) in [4.78, 5) is 4.57. The van der Waals surface area contributed by atoms with E-state index in [2.05, 4.69) is 41.8 Å². The first-order chi connectivity index (χ1) is 10.1. The lowest BCUT2D eigenvalue weighted by atomic mass is 10.2. The van der Waals surface area contributed by atoms with Crippen LogP contribution in [0.2, 0.25) is 0 Å². The standard InChI is InChI=1S/C16H23N3OS/c1-11(2)9-20-14-7-5-13(6-8-14)18-16-19-15(10-21-16)12(3)17-4/h5-8,10-12,17H,9H2,1-4H3,(H,18,19). The molecule has 1 unspecified atom stereocenters. The largest absolute Gasteiger partial charge is 0.493 e. The molecule has 0 aliphatic carbocycles. The highest BCUT2D eigenvalue weighted by Crippen LogP contribution is 2.25. The monoisotopic (exact) mass is 305 g/mol. The van der Waals surface area contributed by atoms with Crippen LogP contribution in [0.15, 0.2) is 29.6 Å². The molecular weight excluding hydrogens is 282 g/mol. The Labute approximate surface area is 130 Å². The van der Waals surface area contributed by atoms with Crippen LogP contribution >= 0.6 is 11.3 Å². The molecule has 0 saturated heterocycles. The fraction of sp³-hybridized carbons (Fsp3) is 0.438. The summed E-state index contributed by atoms with van der Waals surface area (Å²) < 4.78 is 5.67. The van der Waals surface area contributed by atoms with Gasteiger partial charge in [-0.15, -0.1) is 11.3 Å². The highest BCUT2D eigenvalue weighted by molar-refractivity contribution is 7.13. The van der Waals surface area contributed by atoms with E-state index in [9.17, 15) is 0 Å². The van der Waals surface area contributed by atoms with Crippen molar-refractivity contribution in [3.05, 3.63) is 35.3 Å². The number of rotatable bonds is 7. The maximum atomic E-state index is 5.67. The first-order valence-electron chi connectivity index (χ1n) is 7.21. The van der Waals surface area contributed by atoms with Gasteiger partial charge in [-0.05, 0) is 44.2 Å². The summed E-state index contributed by atoms with van der Waals surface area (Å²) >= 11 is 1.61. The molecule has 1 heterocycles. The molecule has 0 saturated carbocycles. The van der Waals surface area contributed by atoms with Gasteiger partial charge in [-0.1, -0.05) is 13.8 Å². The molecule has 0 amide bonds. The zero-order valence-corrected chi connectivity index (χ0v) is 13.8. The van der Waals surface area contributed by atoms with Crippen molar-refractivity contribution in [3.63, 3.8) is 0 Å². The minimum absolute atomic E-state index is 0.267. The topological polar surface area (TPSA) is 46.2 Å². The molecule has 0 aliphatic rings. The minimum Gasteiger partial charge on any atom is -0.493 e. The Morgan fingerprint density at radius 3 is 2.52 bits per heavy atom. The van der Waals surface area contributed by atoms with Crippen LogP contribution in [-0.2, 0) is 0 Å². The van der Waals surface area contributed by atoms with E-state index >= 15 is 0 Å². The lowest BCUT2D eigenvalue weighted by Crippen LogP contribution is -2.12. The minimum atomic E-state index is 0.267. The second kappa shape index (κ2) is 7.43. The summed E-state index contributed by atoms with van der Waals surface area (Å²) in [6, 6.07) is 8.25. The van der Waals surface area contributed by atoms with E-state index in [1.807, 2.05) is 31.3 Å². The van der Waals surface area contributed by atoms with Gasteiger partial charge in [-0.25, -0.2) is 4.98 Å². The van der Waals surface area contributed by atoms with E-state index in [1.54, 1.807) is 11.3 Å². The molecule has 2 rings (SSSR count). The van der Waals surface area contributed by atoms with Crippen LogP contribution in [0.4, 0.5) is 10.8 Å². The summed E-state index contributed by atoms with van der Waals surface area (Å²) in [5, 5.41) is 9.49. The van der Waals surface area contributed by atoms with Crippen LogP contribution in [0, 0.1) is 5.92 Å². The van der Waals surface area contributed by atoms with Crippen molar-refractivity contribution < 1.29 is 4.74 Å². The smallest absolute Gasteiger partial charge is 0.187 e. The Morgan fingerprint density at radius 1 is 1.19 bits per heavy atom. The number of hydrogen-bond donors (Lipinski definition) is 2. The van der Waals surface area contributed by atoms with Gasteiger partial charge in [0, 0.05) is 17.1 Å². The molecule has 1 aromatic carbocycles. The average Bonchev–Trinajstić information content (AvgIpc) is 2.94. The molecule has 1 atom stereocenters. The number of nitrogens with one attached hydrogen (secondary N) is 2. The summed E-state index contributed by atoms with van der Waals surface area (Å²) in [5.74, 6) is 1.43. The Balaban J connectivity index is 1.95. The van der Waals surface area contributed by atoms with Crippen molar-refractivity contribution in [2.75, 3.05) is 19.0 Å². The molecule has 1 aromatic heterocycles. The second-order valence-electron chi connectivity index (χ2n) is 5.44. The summed E-state index contributed by atoms with van der Waals surface area (Å²) in [6.45, 7) is 7.12. The molecule has 5 heteroatoms. The van der Waals surface area contributed by atoms with Gasteiger partial charge in [0.15, 0.2) is 5.13 Å². The maximum Gasteiger partial charge on any atom is 0.187 e. The van der Waals surface area contributed by atoms with E-state index in [0.29, 0.717) is 5.92 Å². The van der Waals surface area contributed by atoms with Crippen LogP contribution in [0.1, 0.15) is 32.5 Å². The van der Waals surface area contributed by atoms with Gasteiger partial charge in [0.25, 0.3) is 0 Å². The predicted octanol–water partition coefficient (Wildman–Crippen LogP) is 4.20. The summed E-state index contributed by atoms with van der Waals surface area (Å²) in [7, 11) is 1.94. The molecule has 0 spiro atoms. The van der Waals surface area contributed by atoms with Gasteiger partial charge in [-0.3, -0.25) is 0 Å². The number of ether oxygens (including phenoxy) is 1. The Bertz CT molecular complexity index is 551. The second-order valence-corrected chi connectivity index (χ2v) is 6.30.